The Hall–Kier alpha value is -1.11. The molecule has 18 heavy (non-hydrogen) atoms. The van der Waals surface area contributed by atoms with E-state index in [1.807, 2.05) is 0 Å². The van der Waals surface area contributed by atoms with Gasteiger partial charge in [0.25, 0.3) is 0 Å². The summed E-state index contributed by atoms with van der Waals surface area (Å²) in [6.45, 7) is 0.288. The van der Waals surface area contributed by atoms with Gasteiger partial charge in [-0.3, -0.25) is 9.59 Å². The highest BCUT2D eigenvalue weighted by atomic mass is 79.9. The van der Waals surface area contributed by atoms with Crippen molar-refractivity contribution in [2.75, 3.05) is 18.4 Å². The van der Waals surface area contributed by atoms with Gasteiger partial charge in [-0.25, -0.2) is 0 Å². The number of carbonyl (C=O) groups is 2. The van der Waals surface area contributed by atoms with E-state index < -0.39 is 5.97 Å². The minimum atomic E-state index is -0.904. The van der Waals surface area contributed by atoms with Crippen LogP contribution in [0.3, 0.4) is 0 Å². The minimum absolute atomic E-state index is 0.0215. The highest BCUT2D eigenvalue weighted by molar-refractivity contribution is 9.10. The average molecular weight is 336 g/mol. The van der Waals surface area contributed by atoms with Crippen LogP contribution in [0.15, 0.2) is 22.7 Å². The second-order valence-electron chi connectivity index (χ2n) is 3.49. The molecular weight excluding hydrogens is 323 g/mol. The van der Waals surface area contributed by atoms with Crippen molar-refractivity contribution in [2.24, 2.45) is 0 Å². The lowest BCUT2D eigenvalue weighted by atomic mass is 10.3. The summed E-state index contributed by atoms with van der Waals surface area (Å²) in [7, 11) is 0. The summed E-state index contributed by atoms with van der Waals surface area (Å²) in [4.78, 5) is 21.8. The molecule has 0 aromatic heterocycles. The zero-order chi connectivity index (χ0) is 13.5. The Morgan fingerprint density at radius 2 is 2.11 bits per heavy atom. The normalized spacial score (nSPS) is 10.1. The molecule has 0 aliphatic carbocycles. The Bertz CT molecular complexity index is 454. The topological polar surface area (TPSA) is 78.4 Å². The first-order valence-corrected chi connectivity index (χ1v) is 6.33. The molecule has 3 N–H and O–H groups in total. The lowest BCUT2D eigenvalue weighted by Gasteiger charge is -2.08. The van der Waals surface area contributed by atoms with Gasteiger partial charge in [0.05, 0.1) is 23.7 Å². The minimum Gasteiger partial charge on any atom is -0.481 e. The van der Waals surface area contributed by atoms with Crippen molar-refractivity contribution in [1.29, 1.82) is 0 Å². The molecule has 0 spiro atoms. The van der Waals surface area contributed by atoms with Gasteiger partial charge in [-0.05, 0) is 18.2 Å². The van der Waals surface area contributed by atoms with Crippen molar-refractivity contribution in [2.45, 2.75) is 6.42 Å². The molecule has 98 valence electrons. The van der Waals surface area contributed by atoms with E-state index in [2.05, 4.69) is 26.6 Å². The second-order valence-corrected chi connectivity index (χ2v) is 4.82. The van der Waals surface area contributed by atoms with Crippen molar-refractivity contribution >= 4 is 45.1 Å². The number of hydrogen-bond acceptors (Lipinski definition) is 3. The molecule has 5 nitrogen and oxygen atoms in total. The van der Waals surface area contributed by atoms with Gasteiger partial charge < -0.3 is 15.7 Å². The number of carboxylic acid groups (broad SMARTS) is 1. The molecule has 1 amide bonds. The Balaban J connectivity index is 2.38. The standard InChI is InChI=1S/C11H12BrClN2O3/c12-7-1-2-9(8(13)5-7)15-10(16)6-14-4-3-11(17)18/h1-2,5,14H,3-4,6H2,(H,15,16)(H,17,18). The summed E-state index contributed by atoms with van der Waals surface area (Å²) in [6.07, 6.45) is -0.0215. The number of amides is 1. The largest absolute Gasteiger partial charge is 0.481 e. The monoisotopic (exact) mass is 334 g/mol. The molecule has 0 heterocycles. The molecule has 0 unspecified atom stereocenters. The van der Waals surface area contributed by atoms with Crippen LogP contribution in [-0.2, 0) is 9.59 Å². The first kappa shape index (κ1) is 14.9. The molecule has 0 saturated heterocycles. The van der Waals surface area contributed by atoms with Crippen LogP contribution in [0.2, 0.25) is 5.02 Å². The fourth-order valence-corrected chi connectivity index (χ4v) is 1.90. The smallest absolute Gasteiger partial charge is 0.304 e. The number of hydrogen-bond donors (Lipinski definition) is 3. The van der Waals surface area contributed by atoms with E-state index in [9.17, 15) is 9.59 Å². The van der Waals surface area contributed by atoms with E-state index in [0.717, 1.165) is 4.47 Å². The fourth-order valence-electron chi connectivity index (χ4n) is 1.18. The van der Waals surface area contributed by atoms with E-state index in [1.54, 1.807) is 18.2 Å². The van der Waals surface area contributed by atoms with Crippen LogP contribution < -0.4 is 10.6 Å². The summed E-state index contributed by atoms with van der Waals surface area (Å²) in [5.74, 6) is -1.18. The summed E-state index contributed by atoms with van der Waals surface area (Å²) in [6, 6.07) is 5.12. The number of carbonyl (C=O) groups excluding carboxylic acids is 1. The van der Waals surface area contributed by atoms with Crippen molar-refractivity contribution in [3.05, 3.63) is 27.7 Å². The number of benzene rings is 1. The van der Waals surface area contributed by atoms with Gasteiger partial charge in [-0.15, -0.1) is 0 Å². The number of halogens is 2. The number of nitrogens with one attached hydrogen (secondary N) is 2. The highest BCUT2D eigenvalue weighted by Crippen LogP contribution is 2.25. The first-order valence-electron chi connectivity index (χ1n) is 5.16. The molecule has 0 atom stereocenters. The van der Waals surface area contributed by atoms with Crippen molar-refractivity contribution in [3.8, 4) is 0 Å². The van der Waals surface area contributed by atoms with Crippen molar-refractivity contribution < 1.29 is 14.7 Å². The van der Waals surface area contributed by atoms with Gasteiger partial charge in [0, 0.05) is 11.0 Å². The SMILES string of the molecule is O=C(O)CCNCC(=O)Nc1ccc(Br)cc1Cl. The molecule has 7 heteroatoms. The van der Waals surface area contributed by atoms with Crippen LogP contribution in [0, 0.1) is 0 Å². The molecule has 0 bridgehead atoms. The summed E-state index contributed by atoms with van der Waals surface area (Å²) in [5, 5.41) is 14.2. The van der Waals surface area contributed by atoms with Gasteiger partial charge in [0.1, 0.15) is 0 Å². The van der Waals surface area contributed by atoms with E-state index in [0.29, 0.717) is 10.7 Å². The molecule has 0 saturated carbocycles. The van der Waals surface area contributed by atoms with E-state index in [1.165, 1.54) is 0 Å². The highest BCUT2D eigenvalue weighted by Gasteiger charge is 2.06. The molecule has 0 fully saturated rings. The Morgan fingerprint density at radius 1 is 1.39 bits per heavy atom. The zero-order valence-electron chi connectivity index (χ0n) is 9.37. The predicted molar refractivity (Wildman–Crippen MR) is 72.9 cm³/mol. The van der Waals surface area contributed by atoms with Gasteiger partial charge in [-0.2, -0.15) is 0 Å². The Morgan fingerprint density at radius 3 is 2.72 bits per heavy atom. The molecule has 0 aliphatic rings. The summed E-state index contributed by atoms with van der Waals surface area (Å²) < 4.78 is 0.824. The maximum absolute atomic E-state index is 11.5. The van der Waals surface area contributed by atoms with E-state index in [-0.39, 0.29) is 25.4 Å². The molecule has 0 radical (unpaired) electrons. The molecule has 1 aromatic carbocycles. The van der Waals surface area contributed by atoms with Crippen LogP contribution in [0.5, 0.6) is 0 Å². The van der Waals surface area contributed by atoms with E-state index in [4.69, 9.17) is 16.7 Å². The van der Waals surface area contributed by atoms with Crippen LogP contribution in [0.1, 0.15) is 6.42 Å². The number of aliphatic carboxylic acids is 1. The Kier molecular flexibility index (Phi) is 6.11. The van der Waals surface area contributed by atoms with Crippen LogP contribution in [0.25, 0.3) is 0 Å². The van der Waals surface area contributed by atoms with Gasteiger partial charge in [0.2, 0.25) is 5.91 Å². The predicted octanol–water partition coefficient (Wildman–Crippen LogP) is 2.11. The zero-order valence-corrected chi connectivity index (χ0v) is 11.7. The third kappa shape index (κ3) is 5.48. The number of rotatable bonds is 6. The maximum atomic E-state index is 11.5. The van der Waals surface area contributed by atoms with Gasteiger partial charge in [0.15, 0.2) is 0 Å². The van der Waals surface area contributed by atoms with E-state index >= 15 is 0 Å². The second kappa shape index (κ2) is 7.35. The van der Waals surface area contributed by atoms with Crippen molar-refractivity contribution in [1.82, 2.24) is 5.32 Å². The van der Waals surface area contributed by atoms with Gasteiger partial charge >= 0.3 is 5.97 Å². The molecule has 1 aromatic rings. The lowest BCUT2D eigenvalue weighted by Crippen LogP contribution is -2.29. The van der Waals surface area contributed by atoms with Crippen LogP contribution >= 0.6 is 27.5 Å². The molecule has 1 rings (SSSR count). The van der Waals surface area contributed by atoms with Crippen molar-refractivity contribution in [3.63, 3.8) is 0 Å². The molecule has 0 aliphatic heterocycles. The third-order valence-electron chi connectivity index (χ3n) is 2.01. The van der Waals surface area contributed by atoms with Crippen LogP contribution in [-0.4, -0.2) is 30.1 Å². The summed E-state index contributed by atoms with van der Waals surface area (Å²) >= 11 is 9.20. The van der Waals surface area contributed by atoms with Crippen LogP contribution in [0.4, 0.5) is 5.69 Å². The summed E-state index contributed by atoms with van der Waals surface area (Å²) in [5.41, 5.74) is 0.518. The lowest BCUT2D eigenvalue weighted by molar-refractivity contribution is -0.137. The quantitative estimate of drug-likeness (QED) is 0.696. The third-order valence-corrected chi connectivity index (χ3v) is 2.81. The number of carboxylic acids is 1. The average Bonchev–Trinajstić information content (AvgIpc) is 2.28. The fraction of sp³-hybridized carbons (Fsp3) is 0.273. The Labute approximate surface area is 118 Å². The van der Waals surface area contributed by atoms with Gasteiger partial charge in [-0.1, -0.05) is 27.5 Å². The molecular formula is C11H12BrClN2O3. The maximum Gasteiger partial charge on any atom is 0.304 e. The first-order chi connectivity index (χ1) is 8.49. The number of anilines is 1.